The van der Waals surface area contributed by atoms with Gasteiger partial charge in [-0.15, -0.1) is 22.6 Å². The number of benzene rings is 1. The number of ketones is 1. The van der Waals surface area contributed by atoms with Gasteiger partial charge in [-0.2, -0.15) is 0 Å². The first-order valence-corrected chi connectivity index (χ1v) is 12.0. The highest BCUT2D eigenvalue weighted by Gasteiger charge is 2.30. The van der Waals surface area contributed by atoms with Gasteiger partial charge >= 0.3 is 0 Å². The van der Waals surface area contributed by atoms with Gasteiger partial charge in [0.05, 0.1) is 0 Å². The van der Waals surface area contributed by atoms with Crippen LogP contribution in [0.2, 0.25) is 0 Å². The minimum absolute atomic E-state index is 0. The van der Waals surface area contributed by atoms with Crippen molar-refractivity contribution in [1.29, 1.82) is 0 Å². The monoisotopic (exact) mass is 480 g/mol. The van der Waals surface area contributed by atoms with E-state index in [0.29, 0.717) is 11.6 Å². The molecule has 1 amide bonds. The molecule has 2 aromatic rings. The first kappa shape index (κ1) is 26.4. The summed E-state index contributed by atoms with van der Waals surface area (Å²) in [6, 6.07) is 8.97. The van der Waals surface area contributed by atoms with Gasteiger partial charge in [0.15, 0.2) is 0 Å². The van der Waals surface area contributed by atoms with Gasteiger partial charge in [-0.3, -0.25) is 9.59 Å². The number of hydrogen-bond acceptors (Lipinski definition) is 7. The number of thioether (sulfide) groups is 1. The Hall–Kier alpha value is -1.90. The molecule has 1 unspecified atom stereocenters. The Kier molecular flexibility index (Phi) is 11.2. The van der Waals surface area contributed by atoms with E-state index in [1.165, 1.54) is 24.6 Å². The van der Waals surface area contributed by atoms with Gasteiger partial charge in [-0.1, -0.05) is 67.8 Å². The van der Waals surface area contributed by atoms with Crippen molar-refractivity contribution >= 4 is 35.9 Å². The van der Waals surface area contributed by atoms with E-state index in [0.717, 1.165) is 43.5 Å². The average Bonchev–Trinajstić information content (AvgIpc) is 3.05. The SMILES string of the molecule is CN(C)CCSc1nnc(C(=O)C(Cc2ccccc2)NC(=O)C2CCCCCC2)o1.Cl. The summed E-state index contributed by atoms with van der Waals surface area (Å²) in [6.45, 7) is 0.865. The smallest absolute Gasteiger partial charge is 0.286 e. The van der Waals surface area contributed by atoms with Crippen LogP contribution in [0, 0.1) is 5.92 Å². The van der Waals surface area contributed by atoms with Gasteiger partial charge in [0, 0.05) is 24.6 Å². The predicted octanol–water partition coefficient (Wildman–Crippen LogP) is 4.03. The van der Waals surface area contributed by atoms with Gasteiger partial charge in [-0.05, 0) is 32.5 Å². The topological polar surface area (TPSA) is 88.3 Å². The maximum atomic E-state index is 13.2. The standard InChI is InChI=1S/C23H32N4O3S.ClH/c1-27(2)14-15-31-23-26-25-22(30-23)20(28)19(16-17-10-6-5-7-11-17)24-21(29)18-12-8-3-4-9-13-18;/h5-7,10-11,18-19H,3-4,8-9,12-16H2,1-2H3,(H,24,29);1H. The summed E-state index contributed by atoms with van der Waals surface area (Å²) < 4.78 is 5.61. The van der Waals surface area contributed by atoms with Crippen LogP contribution in [0.4, 0.5) is 0 Å². The summed E-state index contributed by atoms with van der Waals surface area (Å²) in [5.41, 5.74) is 0.974. The molecule has 1 N–H and O–H groups in total. The van der Waals surface area contributed by atoms with Crippen molar-refractivity contribution in [1.82, 2.24) is 20.4 Å². The third kappa shape index (κ3) is 8.22. The molecule has 1 aromatic carbocycles. The number of rotatable bonds is 10. The quantitative estimate of drug-likeness (QED) is 0.312. The van der Waals surface area contributed by atoms with Gasteiger partial charge in [0.1, 0.15) is 6.04 Å². The third-order valence-electron chi connectivity index (χ3n) is 5.52. The van der Waals surface area contributed by atoms with E-state index in [1.807, 2.05) is 44.4 Å². The Labute approximate surface area is 200 Å². The molecular formula is C23H33ClN4O3S. The number of Topliss-reactive ketones (excluding diaryl/α,β-unsaturated/α-hetero) is 1. The summed E-state index contributed by atoms with van der Waals surface area (Å²) >= 11 is 1.42. The van der Waals surface area contributed by atoms with Crippen LogP contribution in [0.15, 0.2) is 40.0 Å². The number of halogens is 1. The van der Waals surface area contributed by atoms with Crippen molar-refractivity contribution in [3.8, 4) is 0 Å². The summed E-state index contributed by atoms with van der Waals surface area (Å²) in [5, 5.41) is 11.3. The molecule has 1 saturated carbocycles. The average molecular weight is 481 g/mol. The lowest BCUT2D eigenvalue weighted by atomic mass is 9.97. The molecule has 32 heavy (non-hydrogen) atoms. The lowest BCUT2D eigenvalue weighted by Gasteiger charge is -2.20. The highest BCUT2D eigenvalue weighted by Crippen LogP contribution is 2.24. The van der Waals surface area contributed by atoms with E-state index in [1.54, 1.807) is 0 Å². The Morgan fingerprint density at radius 3 is 2.47 bits per heavy atom. The highest BCUT2D eigenvalue weighted by molar-refractivity contribution is 7.99. The van der Waals surface area contributed by atoms with Crippen LogP contribution in [-0.4, -0.2) is 59.2 Å². The van der Waals surface area contributed by atoms with Crippen LogP contribution >= 0.6 is 24.2 Å². The highest BCUT2D eigenvalue weighted by atomic mass is 35.5. The molecular weight excluding hydrogens is 448 g/mol. The molecule has 0 radical (unpaired) electrons. The Morgan fingerprint density at radius 2 is 1.81 bits per heavy atom. The second kappa shape index (κ2) is 13.6. The van der Waals surface area contributed by atoms with Crippen LogP contribution in [0.1, 0.15) is 54.8 Å². The van der Waals surface area contributed by atoms with E-state index in [-0.39, 0.29) is 35.9 Å². The molecule has 0 bridgehead atoms. The van der Waals surface area contributed by atoms with E-state index in [4.69, 9.17) is 4.42 Å². The van der Waals surface area contributed by atoms with Crippen LogP contribution < -0.4 is 5.32 Å². The third-order valence-corrected chi connectivity index (χ3v) is 6.32. The Bertz CT molecular complexity index is 839. The second-order valence-corrected chi connectivity index (χ2v) is 9.37. The molecule has 1 heterocycles. The molecule has 0 aliphatic heterocycles. The van der Waals surface area contributed by atoms with Gasteiger partial charge in [0.2, 0.25) is 11.7 Å². The molecule has 9 heteroatoms. The van der Waals surface area contributed by atoms with E-state index in [2.05, 4.69) is 20.4 Å². The molecule has 7 nitrogen and oxygen atoms in total. The summed E-state index contributed by atoms with van der Waals surface area (Å²) in [5.74, 6) is 0.325. The fourth-order valence-electron chi connectivity index (χ4n) is 3.72. The Morgan fingerprint density at radius 1 is 1.12 bits per heavy atom. The summed E-state index contributed by atoms with van der Waals surface area (Å²) in [6.07, 6.45) is 6.62. The minimum Gasteiger partial charge on any atom is -0.408 e. The lowest BCUT2D eigenvalue weighted by Crippen LogP contribution is -2.45. The van der Waals surface area contributed by atoms with Crippen molar-refractivity contribution in [3.05, 3.63) is 41.8 Å². The van der Waals surface area contributed by atoms with Crippen LogP contribution in [0.25, 0.3) is 0 Å². The first-order valence-electron chi connectivity index (χ1n) is 11.0. The molecule has 0 spiro atoms. The maximum absolute atomic E-state index is 13.2. The zero-order chi connectivity index (χ0) is 22.1. The first-order chi connectivity index (χ1) is 15.0. The molecule has 0 saturated heterocycles. The normalized spacial score (nSPS) is 15.6. The number of amides is 1. The number of aromatic nitrogens is 2. The number of nitrogens with zero attached hydrogens (tertiary/aromatic N) is 3. The summed E-state index contributed by atoms with van der Waals surface area (Å²) in [4.78, 5) is 28.2. The molecule has 176 valence electrons. The van der Waals surface area contributed by atoms with Crippen molar-refractivity contribution < 1.29 is 14.0 Å². The largest absolute Gasteiger partial charge is 0.408 e. The fraction of sp³-hybridized carbons (Fsp3) is 0.565. The predicted molar refractivity (Wildman–Crippen MR) is 128 cm³/mol. The molecule has 1 aromatic heterocycles. The zero-order valence-corrected chi connectivity index (χ0v) is 20.4. The maximum Gasteiger partial charge on any atom is 0.286 e. The molecule has 1 aliphatic rings. The van der Waals surface area contributed by atoms with Gasteiger partial charge in [-0.25, -0.2) is 0 Å². The minimum atomic E-state index is -0.724. The number of nitrogens with one attached hydrogen (secondary N) is 1. The number of carbonyl (C=O) groups is 2. The van der Waals surface area contributed by atoms with Crippen molar-refractivity contribution in [2.45, 2.75) is 56.2 Å². The fourth-order valence-corrected chi connectivity index (χ4v) is 4.59. The molecule has 1 fully saturated rings. The van der Waals surface area contributed by atoms with Crippen LogP contribution in [-0.2, 0) is 11.2 Å². The van der Waals surface area contributed by atoms with Crippen LogP contribution in [0.3, 0.4) is 0 Å². The Balaban J connectivity index is 0.00000363. The van der Waals surface area contributed by atoms with Crippen LogP contribution in [0.5, 0.6) is 0 Å². The molecule has 1 aliphatic carbocycles. The van der Waals surface area contributed by atoms with Gasteiger partial charge in [0.25, 0.3) is 11.1 Å². The van der Waals surface area contributed by atoms with Crippen molar-refractivity contribution in [2.24, 2.45) is 5.92 Å². The van der Waals surface area contributed by atoms with Crippen molar-refractivity contribution in [2.75, 3.05) is 26.4 Å². The molecule has 1 atom stereocenters. The van der Waals surface area contributed by atoms with E-state index < -0.39 is 6.04 Å². The zero-order valence-electron chi connectivity index (χ0n) is 18.8. The second-order valence-electron chi connectivity index (χ2n) is 8.33. The van der Waals surface area contributed by atoms with E-state index >= 15 is 0 Å². The van der Waals surface area contributed by atoms with Crippen molar-refractivity contribution in [3.63, 3.8) is 0 Å². The van der Waals surface area contributed by atoms with Gasteiger partial charge < -0.3 is 14.6 Å². The summed E-state index contributed by atoms with van der Waals surface area (Å²) in [7, 11) is 3.99. The lowest BCUT2D eigenvalue weighted by molar-refractivity contribution is -0.125. The molecule has 3 rings (SSSR count). The number of carbonyl (C=O) groups excluding carboxylic acids is 2. The van der Waals surface area contributed by atoms with E-state index in [9.17, 15) is 9.59 Å². The number of hydrogen-bond donors (Lipinski definition) is 1.